The number of rotatable bonds is 4. The lowest BCUT2D eigenvalue weighted by Crippen LogP contribution is -2.32. The van der Waals surface area contributed by atoms with Crippen LogP contribution in [0.2, 0.25) is 0 Å². The van der Waals surface area contributed by atoms with Crippen molar-refractivity contribution >= 4 is 11.7 Å². The number of carbonyl (C=O) groups excluding carboxylic acids is 1. The summed E-state index contributed by atoms with van der Waals surface area (Å²) in [5.74, 6) is 1.42. The fourth-order valence-corrected chi connectivity index (χ4v) is 3.66. The Balaban J connectivity index is 1.99. The van der Waals surface area contributed by atoms with Gasteiger partial charge in [-0.2, -0.15) is 5.10 Å². The zero-order chi connectivity index (χ0) is 18.1. The summed E-state index contributed by atoms with van der Waals surface area (Å²) in [5, 5.41) is 4.47. The topological polar surface area (TPSA) is 63.5 Å². The molecule has 3 rings (SSSR count). The van der Waals surface area contributed by atoms with Crippen molar-refractivity contribution in [3.8, 4) is 5.88 Å². The van der Waals surface area contributed by atoms with Gasteiger partial charge in [-0.15, -0.1) is 0 Å². The monoisotopic (exact) mass is 343 g/mol. The van der Waals surface area contributed by atoms with Gasteiger partial charge in [-0.3, -0.25) is 4.79 Å². The first-order chi connectivity index (χ1) is 12.0. The molecule has 0 N–H and O–H groups in total. The number of pyridine rings is 1. The van der Waals surface area contributed by atoms with Crippen LogP contribution in [0.15, 0.2) is 18.3 Å². The van der Waals surface area contributed by atoms with E-state index < -0.39 is 0 Å². The number of aryl methyl sites for hydroxylation is 2. The highest BCUT2D eigenvalue weighted by molar-refractivity contribution is 5.99. The predicted molar refractivity (Wildman–Crippen MR) is 96.1 cm³/mol. The maximum atomic E-state index is 13.3. The maximum Gasteiger partial charge on any atom is 0.258 e. The second kappa shape index (κ2) is 6.74. The van der Waals surface area contributed by atoms with Crippen LogP contribution < -0.4 is 9.64 Å². The molecule has 2 aromatic heterocycles. The highest BCUT2D eigenvalue weighted by atomic mass is 16.5. The lowest BCUT2D eigenvalue weighted by molar-refractivity contribution is 0.0734. The predicted octanol–water partition coefficient (Wildman–Crippen LogP) is 2.18. The minimum atomic E-state index is -0.0219. The fraction of sp³-hybridized carbons (Fsp3) is 0.500. The number of nitrogens with zero attached hydrogens (tertiary/aromatic N) is 5. The number of anilines is 1. The Morgan fingerprint density at radius 1 is 1.40 bits per heavy atom. The molecular weight excluding hydrogens is 318 g/mol. The summed E-state index contributed by atoms with van der Waals surface area (Å²) >= 11 is 0. The van der Waals surface area contributed by atoms with Gasteiger partial charge in [-0.1, -0.05) is 0 Å². The number of hydrogen-bond acceptors (Lipinski definition) is 5. The lowest BCUT2D eigenvalue weighted by Gasteiger charge is -2.27. The molecule has 0 bridgehead atoms. The van der Waals surface area contributed by atoms with Crippen LogP contribution in [0.3, 0.4) is 0 Å². The number of hydrogen-bond donors (Lipinski definition) is 0. The third kappa shape index (κ3) is 2.94. The molecule has 0 spiro atoms. The standard InChI is InChI=1S/C18H25N5O2/c1-12-15(18(25-5)22(4)20-12)14-9-7-11-23(14)17(24)13-8-6-10-19-16(13)21(2)3/h6,8,10,14H,7,9,11H2,1-5H3/t14-/m1/s1. The van der Waals surface area contributed by atoms with Crippen LogP contribution in [-0.4, -0.2) is 53.3 Å². The van der Waals surface area contributed by atoms with Gasteiger partial charge in [-0.05, 0) is 31.9 Å². The number of carbonyl (C=O) groups is 1. The molecule has 7 nitrogen and oxygen atoms in total. The largest absolute Gasteiger partial charge is 0.481 e. The van der Waals surface area contributed by atoms with Crippen molar-refractivity contribution in [3.05, 3.63) is 35.2 Å². The van der Waals surface area contributed by atoms with Crippen molar-refractivity contribution in [2.75, 3.05) is 32.6 Å². The lowest BCUT2D eigenvalue weighted by atomic mass is 10.0. The summed E-state index contributed by atoms with van der Waals surface area (Å²) in [6, 6.07) is 3.63. The molecule has 1 aliphatic heterocycles. The van der Waals surface area contributed by atoms with E-state index in [0.29, 0.717) is 11.4 Å². The van der Waals surface area contributed by atoms with Crippen LogP contribution in [0.5, 0.6) is 5.88 Å². The Hall–Kier alpha value is -2.57. The molecule has 0 unspecified atom stereocenters. The smallest absolute Gasteiger partial charge is 0.258 e. The van der Waals surface area contributed by atoms with Gasteiger partial charge in [0.25, 0.3) is 5.91 Å². The average molecular weight is 343 g/mol. The molecule has 0 radical (unpaired) electrons. The Morgan fingerprint density at radius 3 is 2.84 bits per heavy atom. The molecule has 1 fully saturated rings. The fourth-order valence-electron chi connectivity index (χ4n) is 3.66. The van der Waals surface area contributed by atoms with E-state index in [0.717, 1.165) is 36.5 Å². The van der Waals surface area contributed by atoms with E-state index in [1.165, 1.54) is 0 Å². The number of likely N-dealkylation sites (tertiary alicyclic amines) is 1. The van der Waals surface area contributed by atoms with Crippen molar-refractivity contribution in [1.29, 1.82) is 0 Å². The van der Waals surface area contributed by atoms with Gasteiger partial charge < -0.3 is 14.5 Å². The van der Waals surface area contributed by atoms with E-state index in [-0.39, 0.29) is 11.9 Å². The molecule has 2 aromatic rings. The molecule has 25 heavy (non-hydrogen) atoms. The Labute approximate surface area is 148 Å². The van der Waals surface area contributed by atoms with Gasteiger partial charge >= 0.3 is 0 Å². The van der Waals surface area contributed by atoms with E-state index in [1.54, 1.807) is 24.1 Å². The summed E-state index contributed by atoms with van der Waals surface area (Å²) in [6.07, 6.45) is 3.58. The normalized spacial score (nSPS) is 17.0. The van der Waals surface area contributed by atoms with Crippen LogP contribution in [-0.2, 0) is 7.05 Å². The molecule has 3 heterocycles. The summed E-state index contributed by atoms with van der Waals surface area (Å²) in [4.78, 5) is 21.4. The first-order valence-corrected chi connectivity index (χ1v) is 8.46. The Morgan fingerprint density at radius 2 is 2.16 bits per heavy atom. The molecule has 0 aliphatic carbocycles. The second-order valence-corrected chi connectivity index (χ2v) is 6.56. The SMILES string of the molecule is COc1c([C@H]2CCCN2C(=O)c2cccnc2N(C)C)c(C)nn1C. The first-order valence-electron chi connectivity index (χ1n) is 8.46. The van der Waals surface area contributed by atoms with E-state index in [9.17, 15) is 4.79 Å². The molecule has 134 valence electrons. The van der Waals surface area contributed by atoms with Gasteiger partial charge in [-0.25, -0.2) is 9.67 Å². The number of amides is 1. The Kier molecular flexibility index (Phi) is 4.65. The minimum Gasteiger partial charge on any atom is -0.481 e. The quantitative estimate of drug-likeness (QED) is 0.851. The van der Waals surface area contributed by atoms with Crippen molar-refractivity contribution in [2.24, 2.45) is 7.05 Å². The van der Waals surface area contributed by atoms with Crippen molar-refractivity contribution in [1.82, 2.24) is 19.7 Å². The molecule has 0 saturated carbocycles. The number of aromatic nitrogens is 3. The Bertz CT molecular complexity index is 784. The minimum absolute atomic E-state index is 0.00426. The van der Waals surface area contributed by atoms with Crippen molar-refractivity contribution in [2.45, 2.75) is 25.8 Å². The van der Waals surface area contributed by atoms with Crippen LogP contribution in [0.25, 0.3) is 0 Å². The van der Waals surface area contributed by atoms with E-state index in [2.05, 4.69) is 10.1 Å². The third-order valence-corrected chi connectivity index (χ3v) is 4.70. The van der Waals surface area contributed by atoms with Crippen LogP contribution in [0.4, 0.5) is 5.82 Å². The summed E-state index contributed by atoms with van der Waals surface area (Å²) < 4.78 is 7.28. The van der Waals surface area contributed by atoms with Crippen molar-refractivity contribution in [3.63, 3.8) is 0 Å². The summed E-state index contributed by atoms with van der Waals surface area (Å²) in [6.45, 7) is 2.69. The summed E-state index contributed by atoms with van der Waals surface area (Å²) in [7, 11) is 7.30. The maximum absolute atomic E-state index is 13.3. The molecule has 1 aliphatic rings. The average Bonchev–Trinajstić information content (AvgIpc) is 3.17. The van der Waals surface area contributed by atoms with Gasteiger partial charge in [0.15, 0.2) is 0 Å². The van der Waals surface area contributed by atoms with Crippen LogP contribution >= 0.6 is 0 Å². The molecule has 1 atom stereocenters. The molecule has 1 saturated heterocycles. The zero-order valence-corrected chi connectivity index (χ0v) is 15.5. The van der Waals surface area contributed by atoms with E-state index >= 15 is 0 Å². The summed E-state index contributed by atoms with van der Waals surface area (Å²) in [5.41, 5.74) is 2.54. The van der Waals surface area contributed by atoms with Crippen molar-refractivity contribution < 1.29 is 9.53 Å². The third-order valence-electron chi connectivity index (χ3n) is 4.70. The second-order valence-electron chi connectivity index (χ2n) is 6.56. The van der Waals surface area contributed by atoms with Gasteiger partial charge in [0.1, 0.15) is 5.82 Å². The zero-order valence-electron chi connectivity index (χ0n) is 15.5. The molecule has 7 heteroatoms. The number of ether oxygens (including phenoxy) is 1. The molecular formula is C18H25N5O2. The molecule has 1 amide bonds. The van der Waals surface area contributed by atoms with Crippen LogP contribution in [0.1, 0.15) is 40.5 Å². The van der Waals surface area contributed by atoms with Gasteiger partial charge in [0.05, 0.1) is 30.0 Å². The van der Waals surface area contributed by atoms with E-state index in [4.69, 9.17) is 4.74 Å². The highest BCUT2D eigenvalue weighted by Gasteiger charge is 2.36. The highest BCUT2D eigenvalue weighted by Crippen LogP contribution is 2.39. The first kappa shape index (κ1) is 17.3. The van der Waals surface area contributed by atoms with E-state index in [1.807, 2.05) is 43.9 Å². The number of methoxy groups -OCH3 is 1. The van der Waals surface area contributed by atoms with Gasteiger partial charge in [0, 0.05) is 33.9 Å². The molecule has 0 aromatic carbocycles. The van der Waals surface area contributed by atoms with Gasteiger partial charge in [0.2, 0.25) is 5.88 Å². The van der Waals surface area contributed by atoms with Crippen LogP contribution in [0, 0.1) is 6.92 Å².